The summed E-state index contributed by atoms with van der Waals surface area (Å²) in [5.41, 5.74) is -1.08. The molecule has 5 rings (SSSR count). The fraction of sp³-hybridized carbons (Fsp3) is 0.103. The molecule has 0 spiro atoms. The van der Waals surface area contributed by atoms with Crippen molar-refractivity contribution in [2.75, 3.05) is 5.06 Å². The predicted octanol–water partition coefficient (Wildman–Crippen LogP) is 7.75. The summed E-state index contributed by atoms with van der Waals surface area (Å²) in [6.07, 6.45) is -3.73. The largest absolute Gasteiger partial charge is 0.424 e. The summed E-state index contributed by atoms with van der Waals surface area (Å²) in [6.45, 7) is 0. The Morgan fingerprint density at radius 1 is 0.686 bits per heavy atom. The Morgan fingerprint density at radius 2 is 1.23 bits per heavy atom. The molecule has 0 amide bonds. The maximum absolute atomic E-state index is 15.2. The highest BCUT2D eigenvalue weighted by Gasteiger charge is 2.65. The quantitative estimate of drug-likeness (QED) is 0.274. The SMILES string of the molecule is Fc1cccc(C2=CC(C(c3ccccc3)c3ccccc3)(C(F)(F)F)ON2c2ccccc2)c1. The molecule has 0 aromatic heterocycles. The number of benzene rings is 4. The number of rotatable bonds is 5. The minimum absolute atomic E-state index is 0.116. The van der Waals surface area contributed by atoms with Gasteiger partial charge in [0.1, 0.15) is 5.82 Å². The molecular formula is C29H21F4NO. The molecule has 0 saturated heterocycles. The third-order valence-electron chi connectivity index (χ3n) is 6.06. The molecule has 4 aromatic rings. The summed E-state index contributed by atoms with van der Waals surface area (Å²) in [7, 11) is 0. The Hall–Kier alpha value is -3.90. The molecule has 0 N–H and O–H groups in total. The highest BCUT2D eigenvalue weighted by molar-refractivity contribution is 5.81. The topological polar surface area (TPSA) is 12.5 Å². The Labute approximate surface area is 200 Å². The molecule has 4 aromatic carbocycles. The van der Waals surface area contributed by atoms with Gasteiger partial charge in [-0.2, -0.15) is 13.2 Å². The van der Waals surface area contributed by atoms with Crippen molar-refractivity contribution < 1.29 is 22.4 Å². The molecular weight excluding hydrogens is 454 g/mol. The molecule has 1 aliphatic rings. The average molecular weight is 475 g/mol. The smallest absolute Gasteiger partial charge is 0.247 e. The van der Waals surface area contributed by atoms with E-state index in [1.807, 2.05) is 0 Å². The van der Waals surface area contributed by atoms with E-state index in [4.69, 9.17) is 4.84 Å². The summed E-state index contributed by atoms with van der Waals surface area (Å²) < 4.78 is 59.8. The van der Waals surface area contributed by atoms with Crippen LogP contribution in [0.2, 0.25) is 0 Å². The second kappa shape index (κ2) is 9.04. The zero-order valence-electron chi connectivity index (χ0n) is 18.5. The molecule has 6 heteroatoms. The van der Waals surface area contributed by atoms with Gasteiger partial charge in [0.25, 0.3) is 0 Å². The number of halogens is 4. The zero-order valence-corrected chi connectivity index (χ0v) is 18.5. The van der Waals surface area contributed by atoms with Crippen LogP contribution < -0.4 is 5.06 Å². The van der Waals surface area contributed by atoms with E-state index in [2.05, 4.69) is 0 Å². The Kier molecular flexibility index (Phi) is 5.91. The van der Waals surface area contributed by atoms with Gasteiger partial charge in [0.15, 0.2) is 0 Å². The third-order valence-corrected chi connectivity index (χ3v) is 6.06. The molecule has 0 radical (unpaired) electrons. The van der Waals surface area contributed by atoms with E-state index >= 15 is 13.2 Å². The first kappa shape index (κ1) is 22.9. The number of hydroxylamine groups is 1. The van der Waals surface area contributed by atoms with E-state index in [-0.39, 0.29) is 11.3 Å². The van der Waals surface area contributed by atoms with E-state index in [1.165, 1.54) is 18.2 Å². The minimum atomic E-state index is -4.81. The van der Waals surface area contributed by atoms with Crippen LogP contribution >= 0.6 is 0 Å². The van der Waals surface area contributed by atoms with Crippen LogP contribution in [0.4, 0.5) is 23.2 Å². The van der Waals surface area contributed by atoms with Crippen LogP contribution in [0, 0.1) is 5.82 Å². The molecule has 1 atom stereocenters. The van der Waals surface area contributed by atoms with Gasteiger partial charge in [-0.1, -0.05) is 91.0 Å². The lowest BCUT2D eigenvalue weighted by Gasteiger charge is -2.38. The number of alkyl halides is 3. The van der Waals surface area contributed by atoms with Gasteiger partial charge in [-0.25, -0.2) is 14.3 Å². The van der Waals surface area contributed by atoms with Gasteiger partial charge in [-0.05, 0) is 41.5 Å². The lowest BCUT2D eigenvalue weighted by Crippen LogP contribution is -2.51. The summed E-state index contributed by atoms with van der Waals surface area (Å²) in [5, 5.41) is 1.15. The van der Waals surface area contributed by atoms with E-state index in [0.717, 1.165) is 11.1 Å². The van der Waals surface area contributed by atoms with Crippen LogP contribution in [-0.4, -0.2) is 11.8 Å². The third kappa shape index (κ3) is 4.21. The molecule has 1 unspecified atom stereocenters. The zero-order chi connectivity index (χ0) is 24.5. The van der Waals surface area contributed by atoms with Gasteiger partial charge in [0.2, 0.25) is 5.60 Å². The highest BCUT2D eigenvalue weighted by atomic mass is 19.4. The van der Waals surface area contributed by atoms with Crippen LogP contribution in [0.25, 0.3) is 5.70 Å². The molecule has 35 heavy (non-hydrogen) atoms. The van der Waals surface area contributed by atoms with Crippen molar-refractivity contribution in [3.8, 4) is 0 Å². The standard InChI is InChI=1S/C29H21F4NO/c30-24-16-10-15-23(19-24)26-20-28(29(31,32)33,35-34(26)25-17-8-3-9-18-25)27(21-11-4-1-5-12-21)22-13-6-2-7-14-22/h1-20,27H. The summed E-state index contributed by atoms with van der Waals surface area (Å²) >= 11 is 0. The van der Waals surface area contributed by atoms with Gasteiger partial charge in [0, 0.05) is 5.56 Å². The van der Waals surface area contributed by atoms with Crippen molar-refractivity contribution in [2.24, 2.45) is 0 Å². The maximum Gasteiger partial charge on any atom is 0.424 e. The first-order valence-electron chi connectivity index (χ1n) is 11.1. The Morgan fingerprint density at radius 3 is 1.74 bits per heavy atom. The molecule has 0 saturated carbocycles. The molecule has 2 nitrogen and oxygen atoms in total. The van der Waals surface area contributed by atoms with Crippen LogP contribution in [0.3, 0.4) is 0 Å². The first-order chi connectivity index (χ1) is 16.9. The average Bonchev–Trinajstić information content (AvgIpc) is 3.28. The van der Waals surface area contributed by atoms with Crippen molar-refractivity contribution in [2.45, 2.75) is 17.7 Å². The van der Waals surface area contributed by atoms with Gasteiger partial charge in [-0.15, -0.1) is 0 Å². The van der Waals surface area contributed by atoms with E-state index in [0.29, 0.717) is 16.8 Å². The molecule has 176 valence electrons. The number of anilines is 1. The summed E-state index contributed by atoms with van der Waals surface area (Å²) in [6, 6.07) is 31.0. The van der Waals surface area contributed by atoms with E-state index in [1.54, 1.807) is 97.1 Å². The lowest BCUT2D eigenvalue weighted by molar-refractivity contribution is -0.257. The van der Waals surface area contributed by atoms with Gasteiger partial charge in [-0.3, -0.25) is 0 Å². The number of nitrogens with zero attached hydrogens (tertiary/aromatic N) is 1. The first-order valence-corrected chi connectivity index (χ1v) is 11.1. The Balaban J connectivity index is 1.78. The second-order valence-corrected chi connectivity index (χ2v) is 8.31. The normalized spacial score (nSPS) is 18.1. The van der Waals surface area contributed by atoms with Crippen molar-refractivity contribution in [1.29, 1.82) is 0 Å². The maximum atomic E-state index is 15.2. The molecule has 0 aliphatic carbocycles. The van der Waals surface area contributed by atoms with Crippen molar-refractivity contribution in [3.63, 3.8) is 0 Å². The minimum Gasteiger partial charge on any atom is -0.247 e. The highest BCUT2D eigenvalue weighted by Crippen LogP contribution is 2.54. The fourth-order valence-electron chi connectivity index (χ4n) is 4.50. The molecule has 1 heterocycles. The van der Waals surface area contributed by atoms with Gasteiger partial charge < -0.3 is 0 Å². The lowest BCUT2D eigenvalue weighted by atomic mass is 9.76. The number of hydrogen-bond donors (Lipinski definition) is 0. The summed E-state index contributed by atoms with van der Waals surface area (Å²) in [4.78, 5) is 5.97. The van der Waals surface area contributed by atoms with Crippen LogP contribution in [0.1, 0.15) is 22.6 Å². The Bertz CT molecular complexity index is 1280. The predicted molar refractivity (Wildman–Crippen MR) is 128 cm³/mol. The fourth-order valence-corrected chi connectivity index (χ4v) is 4.50. The molecule has 0 fully saturated rings. The summed E-state index contributed by atoms with van der Waals surface area (Å²) in [5.74, 6) is -1.77. The number of para-hydroxylation sites is 1. The van der Waals surface area contributed by atoms with Crippen LogP contribution in [-0.2, 0) is 4.84 Å². The van der Waals surface area contributed by atoms with Crippen molar-refractivity contribution >= 4 is 11.4 Å². The van der Waals surface area contributed by atoms with Crippen molar-refractivity contribution in [1.82, 2.24) is 0 Å². The molecule has 1 aliphatic heterocycles. The van der Waals surface area contributed by atoms with Gasteiger partial charge >= 0.3 is 6.18 Å². The van der Waals surface area contributed by atoms with E-state index in [9.17, 15) is 4.39 Å². The second-order valence-electron chi connectivity index (χ2n) is 8.31. The number of hydrogen-bond acceptors (Lipinski definition) is 2. The van der Waals surface area contributed by atoms with Crippen molar-refractivity contribution in [3.05, 3.63) is 144 Å². The monoisotopic (exact) mass is 475 g/mol. The van der Waals surface area contributed by atoms with E-state index < -0.39 is 23.5 Å². The van der Waals surface area contributed by atoms with Crippen LogP contribution in [0.5, 0.6) is 0 Å². The molecule has 0 bridgehead atoms. The van der Waals surface area contributed by atoms with Gasteiger partial charge in [0.05, 0.1) is 17.3 Å². The van der Waals surface area contributed by atoms with Crippen LogP contribution in [0.15, 0.2) is 121 Å².